The quantitative estimate of drug-likeness (QED) is 0.796. The summed E-state index contributed by atoms with van der Waals surface area (Å²) in [6, 6.07) is 1.84. The fourth-order valence-electron chi connectivity index (χ4n) is 3.05. The van der Waals surface area contributed by atoms with Gasteiger partial charge in [-0.05, 0) is 38.7 Å². The van der Waals surface area contributed by atoms with Crippen molar-refractivity contribution in [3.8, 4) is 5.88 Å². The standard InChI is InChI=1S/C18H23ClN4O3/c1-10-7-13(11(2)20-17(10)26-4)21-16-18(24)23(8-15(19)22-16)14(9-25-3)12-5-6-12/h7-8,12,14H,5-6,9H2,1-4H3,(H,21,22)/t14-/m0/s1. The average molecular weight is 379 g/mol. The largest absolute Gasteiger partial charge is 0.481 e. The van der Waals surface area contributed by atoms with Gasteiger partial charge < -0.3 is 19.4 Å². The minimum absolute atomic E-state index is 0.0367. The van der Waals surface area contributed by atoms with Crippen molar-refractivity contribution < 1.29 is 9.47 Å². The Morgan fingerprint density at radius 2 is 2.08 bits per heavy atom. The first-order chi connectivity index (χ1) is 12.4. The van der Waals surface area contributed by atoms with Gasteiger partial charge in [0.1, 0.15) is 5.15 Å². The van der Waals surface area contributed by atoms with E-state index in [1.54, 1.807) is 25.0 Å². The molecule has 3 rings (SSSR count). The zero-order valence-electron chi connectivity index (χ0n) is 15.4. The summed E-state index contributed by atoms with van der Waals surface area (Å²) in [5.41, 5.74) is 2.03. The van der Waals surface area contributed by atoms with Crippen molar-refractivity contribution in [2.75, 3.05) is 26.1 Å². The molecule has 26 heavy (non-hydrogen) atoms. The Kier molecular flexibility index (Phi) is 5.48. The number of hydrogen-bond donors (Lipinski definition) is 1. The Morgan fingerprint density at radius 1 is 1.35 bits per heavy atom. The van der Waals surface area contributed by atoms with Crippen LogP contribution in [0.25, 0.3) is 0 Å². The van der Waals surface area contributed by atoms with Gasteiger partial charge in [0.05, 0.1) is 31.1 Å². The van der Waals surface area contributed by atoms with E-state index in [1.807, 2.05) is 19.9 Å². The first-order valence-corrected chi connectivity index (χ1v) is 8.89. The number of hydrogen-bond acceptors (Lipinski definition) is 6. The van der Waals surface area contributed by atoms with E-state index < -0.39 is 0 Å². The van der Waals surface area contributed by atoms with Crippen molar-refractivity contribution in [2.24, 2.45) is 5.92 Å². The van der Waals surface area contributed by atoms with E-state index in [1.165, 1.54) is 0 Å². The van der Waals surface area contributed by atoms with Gasteiger partial charge in [-0.2, -0.15) is 0 Å². The summed E-state index contributed by atoms with van der Waals surface area (Å²) in [6.07, 6.45) is 3.76. The van der Waals surface area contributed by atoms with Crippen LogP contribution in [-0.4, -0.2) is 35.4 Å². The highest BCUT2D eigenvalue weighted by Crippen LogP contribution is 2.39. The number of nitrogens with one attached hydrogen (secondary N) is 1. The average Bonchev–Trinajstić information content (AvgIpc) is 3.43. The molecule has 2 aromatic heterocycles. The number of anilines is 2. The summed E-state index contributed by atoms with van der Waals surface area (Å²) in [4.78, 5) is 21.5. The van der Waals surface area contributed by atoms with E-state index in [2.05, 4.69) is 15.3 Å². The summed E-state index contributed by atoms with van der Waals surface area (Å²) in [5, 5.41) is 3.34. The van der Waals surface area contributed by atoms with E-state index in [0.717, 1.165) is 18.4 Å². The predicted octanol–water partition coefficient (Wildman–Crippen LogP) is 3.26. The van der Waals surface area contributed by atoms with Gasteiger partial charge in [-0.1, -0.05) is 11.6 Å². The summed E-state index contributed by atoms with van der Waals surface area (Å²) in [6.45, 7) is 4.19. The minimum atomic E-state index is -0.226. The molecular weight excluding hydrogens is 356 g/mol. The van der Waals surface area contributed by atoms with Crippen molar-refractivity contribution in [1.82, 2.24) is 14.5 Å². The maximum absolute atomic E-state index is 13.0. The molecule has 1 aliphatic rings. The van der Waals surface area contributed by atoms with Crippen LogP contribution < -0.4 is 15.6 Å². The van der Waals surface area contributed by atoms with E-state index >= 15 is 0 Å². The van der Waals surface area contributed by atoms with Gasteiger partial charge in [0.15, 0.2) is 5.82 Å². The molecule has 7 nitrogen and oxygen atoms in total. The number of methoxy groups -OCH3 is 2. The van der Waals surface area contributed by atoms with Crippen LogP contribution in [0, 0.1) is 19.8 Å². The summed E-state index contributed by atoms with van der Waals surface area (Å²) in [5.74, 6) is 1.16. The van der Waals surface area contributed by atoms with Gasteiger partial charge in [0, 0.05) is 18.9 Å². The lowest BCUT2D eigenvalue weighted by Gasteiger charge is -2.20. The molecule has 2 aromatic rings. The molecule has 8 heteroatoms. The monoisotopic (exact) mass is 378 g/mol. The fourth-order valence-corrected chi connectivity index (χ4v) is 3.24. The van der Waals surface area contributed by atoms with Crippen LogP contribution >= 0.6 is 11.6 Å². The lowest BCUT2D eigenvalue weighted by Crippen LogP contribution is -2.30. The molecule has 0 aliphatic heterocycles. The number of aryl methyl sites for hydroxylation is 2. The van der Waals surface area contributed by atoms with E-state index in [4.69, 9.17) is 21.1 Å². The number of rotatable bonds is 7. The van der Waals surface area contributed by atoms with Gasteiger partial charge in [-0.15, -0.1) is 0 Å². The lowest BCUT2D eigenvalue weighted by molar-refractivity contribution is 0.143. The number of nitrogens with zero attached hydrogens (tertiary/aromatic N) is 3. The minimum Gasteiger partial charge on any atom is -0.481 e. The van der Waals surface area contributed by atoms with Gasteiger partial charge in [0.2, 0.25) is 5.88 Å². The highest BCUT2D eigenvalue weighted by Gasteiger charge is 2.33. The smallest absolute Gasteiger partial charge is 0.294 e. The van der Waals surface area contributed by atoms with Crippen molar-refractivity contribution in [1.29, 1.82) is 0 Å². The van der Waals surface area contributed by atoms with E-state index in [9.17, 15) is 4.79 Å². The summed E-state index contributed by atoms with van der Waals surface area (Å²) >= 11 is 6.19. The lowest BCUT2D eigenvalue weighted by atomic mass is 10.2. The number of aromatic nitrogens is 3. The summed E-state index contributed by atoms with van der Waals surface area (Å²) < 4.78 is 12.2. The van der Waals surface area contributed by atoms with Crippen LogP contribution in [0.5, 0.6) is 5.88 Å². The highest BCUT2D eigenvalue weighted by molar-refractivity contribution is 6.29. The molecule has 0 radical (unpaired) electrons. The Bertz CT molecular complexity index is 864. The van der Waals surface area contributed by atoms with Crippen LogP contribution in [-0.2, 0) is 4.74 Å². The van der Waals surface area contributed by atoms with Crippen molar-refractivity contribution >= 4 is 23.1 Å². The van der Waals surface area contributed by atoms with Crippen LogP contribution in [0.1, 0.15) is 30.1 Å². The molecule has 2 heterocycles. The zero-order valence-corrected chi connectivity index (χ0v) is 16.1. The molecular formula is C18H23ClN4O3. The SMILES string of the molecule is COC[C@@H](C1CC1)n1cc(Cl)nc(Nc2cc(C)c(OC)nc2C)c1=O. The topological polar surface area (TPSA) is 78.3 Å². The second-order valence-corrected chi connectivity index (χ2v) is 6.94. The van der Waals surface area contributed by atoms with Gasteiger partial charge in [0.25, 0.3) is 5.56 Å². The van der Waals surface area contributed by atoms with Crippen LogP contribution in [0.3, 0.4) is 0 Å². The van der Waals surface area contributed by atoms with Gasteiger partial charge in [-0.25, -0.2) is 9.97 Å². The molecule has 0 saturated heterocycles. The van der Waals surface area contributed by atoms with Crippen LogP contribution in [0.15, 0.2) is 17.1 Å². The number of halogens is 1. The molecule has 0 spiro atoms. The van der Waals surface area contributed by atoms with Gasteiger partial charge >= 0.3 is 0 Å². The normalized spacial score (nSPS) is 15.0. The Hall–Kier alpha value is -2.12. The molecule has 1 atom stereocenters. The third-order valence-corrected chi connectivity index (χ3v) is 4.75. The maximum Gasteiger partial charge on any atom is 0.294 e. The first kappa shape index (κ1) is 18.7. The fraction of sp³-hybridized carbons (Fsp3) is 0.500. The van der Waals surface area contributed by atoms with Gasteiger partial charge in [-0.3, -0.25) is 4.79 Å². The van der Waals surface area contributed by atoms with Crippen LogP contribution in [0.2, 0.25) is 5.15 Å². The third kappa shape index (κ3) is 3.83. The molecule has 0 aromatic carbocycles. The second kappa shape index (κ2) is 7.63. The Balaban J connectivity index is 1.99. The van der Waals surface area contributed by atoms with Crippen LogP contribution in [0.4, 0.5) is 11.5 Å². The predicted molar refractivity (Wildman–Crippen MR) is 101 cm³/mol. The molecule has 140 valence electrons. The Morgan fingerprint density at radius 3 is 2.69 bits per heavy atom. The van der Waals surface area contributed by atoms with E-state index in [0.29, 0.717) is 29.8 Å². The Labute approximate surface area is 157 Å². The summed E-state index contributed by atoms with van der Waals surface area (Å²) in [7, 11) is 3.21. The first-order valence-electron chi connectivity index (χ1n) is 8.51. The van der Waals surface area contributed by atoms with Crippen molar-refractivity contribution in [3.05, 3.63) is 39.0 Å². The molecule has 1 N–H and O–H groups in total. The number of ether oxygens (including phenoxy) is 2. The molecule has 0 amide bonds. The number of pyridine rings is 1. The molecule has 0 unspecified atom stereocenters. The maximum atomic E-state index is 13.0. The third-order valence-electron chi connectivity index (χ3n) is 4.57. The molecule has 1 aliphatic carbocycles. The zero-order chi connectivity index (χ0) is 18.8. The van der Waals surface area contributed by atoms with Crippen molar-refractivity contribution in [3.63, 3.8) is 0 Å². The molecule has 1 fully saturated rings. The van der Waals surface area contributed by atoms with Crippen molar-refractivity contribution in [2.45, 2.75) is 32.7 Å². The second-order valence-electron chi connectivity index (χ2n) is 6.56. The van der Waals surface area contributed by atoms with E-state index in [-0.39, 0.29) is 22.6 Å². The molecule has 0 bridgehead atoms. The highest BCUT2D eigenvalue weighted by atomic mass is 35.5. The molecule has 1 saturated carbocycles.